The number of rotatable bonds is 19. The van der Waals surface area contributed by atoms with E-state index in [1.807, 2.05) is 102 Å². The van der Waals surface area contributed by atoms with E-state index in [-0.39, 0.29) is 77.9 Å². The molecule has 2 aliphatic heterocycles. The first kappa shape index (κ1) is 59.4. The van der Waals surface area contributed by atoms with Gasteiger partial charge >= 0.3 is 0 Å². The molecular formula is C59H73FN10O7S3. The molecule has 0 radical (unpaired) electrons. The van der Waals surface area contributed by atoms with E-state index < -0.39 is 45.4 Å². The Morgan fingerprint density at radius 1 is 0.887 bits per heavy atom. The van der Waals surface area contributed by atoms with Crippen molar-refractivity contribution in [2.45, 2.75) is 143 Å². The Morgan fingerprint density at radius 2 is 1.60 bits per heavy atom. The smallest absolute Gasteiger partial charge is 0.246 e. The summed E-state index contributed by atoms with van der Waals surface area (Å²) in [5.74, 6) is -1.54. The highest BCUT2D eigenvalue weighted by atomic mass is 32.2. The molecule has 5 N–H and O–H groups in total. The molecule has 80 heavy (non-hydrogen) atoms. The van der Waals surface area contributed by atoms with Gasteiger partial charge in [-0.05, 0) is 97.9 Å². The number of carbonyl (C=O) groups excluding carboxylic acids is 4. The average Bonchev–Trinajstić information content (AvgIpc) is 4.18. The van der Waals surface area contributed by atoms with E-state index in [0.717, 1.165) is 50.8 Å². The topological polar surface area (TPSA) is 229 Å². The third-order valence-corrected chi connectivity index (χ3v) is 18.4. The van der Waals surface area contributed by atoms with Crippen LogP contribution in [0.25, 0.3) is 32.3 Å². The van der Waals surface area contributed by atoms with Crippen LogP contribution >= 0.6 is 22.7 Å². The zero-order valence-corrected chi connectivity index (χ0v) is 49.4. The second-order valence-electron chi connectivity index (χ2n) is 22.9. The van der Waals surface area contributed by atoms with Crippen molar-refractivity contribution in [1.82, 2.24) is 40.4 Å². The number of hydrogen-bond donors (Lipinski definition) is 5. The molecule has 4 amide bonds. The maximum absolute atomic E-state index is 16.2. The molecule has 3 aromatic heterocycles. The maximum atomic E-state index is 16.2. The van der Waals surface area contributed by atoms with Crippen molar-refractivity contribution >= 4 is 73.6 Å². The van der Waals surface area contributed by atoms with Gasteiger partial charge in [-0.2, -0.15) is 0 Å². The second-order valence-corrected chi connectivity index (χ2v) is 26.6. The first-order valence-electron chi connectivity index (χ1n) is 27.3. The first-order chi connectivity index (χ1) is 37.9. The van der Waals surface area contributed by atoms with Gasteiger partial charge in [-0.1, -0.05) is 90.9 Å². The lowest BCUT2D eigenvalue weighted by Crippen LogP contribution is -2.57. The zero-order valence-electron chi connectivity index (χ0n) is 46.9. The number of aliphatic hydroxyl groups is 1. The van der Waals surface area contributed by atoms with Gasteiger partial charge in [0.1, 0.15) is 12.1 Å². The molecule has 0 unspecified atom stereocenters. The van der Waals surface area contributed by atoms with Crippen molar-refractivity contribution in [3.63, 3.8) is 0 Å². The molecule has 6 aromatic rings. The predicted octanol–water partition coefficient (Wildman–Crippen LogP) is 10.3. The van der Waals surface area contributed by atoms with Crippen molar-refractivity contribution in [2.75, 3.05) is 35.4 Å². The zero-order chi connectivity index (χ0) is 57.7. The summed E-state index contributed by atoms with van der Waals surface area (Å²) in [5, 5.41) is 20.7. The summed E-state index contributed by atoms with van der Waals surface area (Å²) in [6.45, 7) is 18.3. The van der Waals surface area contributed by atoms with Crippen LogP contribution in [0.15, 0.2) is 84.5 Å². The number of aliphatic hydroxyl groups excluding tert-OH is 1. The fourth-order valence-electron chi connectivity index (χ4n) is 10.1. The molecule has 426 valence electrons. The third-order valence-electron chi connectivity index (χ3n) is 14.5. The summed E-state index contributed by atoms with van der Waals surface area (Å²) in [5.41, 5.74) is 6.36. The lowest BCUT2D eigenvalue weighted by Gasteiger charge is -2.35. The summed E-state index contributed by atoms with van der Waals surface area (Å²) in [6.07, 6.45) is 3.23. The number of amides is 4. The summed E-state index contributed by atoms with van der Waals surface area (Å²) in [6, 6.07) is 20.0. The van der Waals surface area contributed by atoms with Gasteiger partial charge < -0.3 is 30.9 Å². The number of likely N-dealkylation sites (tertiary alicyclic amines) is 2. The number of β-amino-alcohol motifs (C(OH)–C–C–N with tert-alkyl or cyclic N) is 1. The van der Waals surface area contributed by atoms with E-state index in [1.54, 1.807) is 42.7 Å². The summed E-state index contributed by atoms with van der Waals surface area (Å²) >= 11 is 2.96. The minimum absolute atomic E-state index is 0.0323. The van der Waals surface area contributed by atoms with Crippen LogP contribution in [0, 0.1) is 18.2 Å². The number of aryl methyl sites for hydroxylation is 1. The highest BCUT2D eigenvalue weighted by Gasteiger charge is 2.45. The number of nitrogens with zero attached hydrogens (tertiary/aromatic N) is 6. The SMILES string of the molecule is CCCS(=O)(=O)Nc1cccc(-c2nc(C(C)(C)C)sc2-c2ccnc(Nc3ccc(C4CCN(C(=O)CCCC(=O)N[C@H](C(=O)N5C[C@H](O)C[C@H]5C(=O)N[C@@H](C)c5ccc(-c6scnc6C)cc5)C(C)(C)C)CC4)cc3)n2)c1F. The number of thiazole rings is 2. The van der Waals surface area contributed by atoms with Crippen molar-refractivity contribution in [3.05, 3.63) is 112 Å². The molecule has 0 bridgehead atoms. The molecule has 2 aliphatic rings. The van der Waals surface area contributed by atoms with Gasteiger partial charge in [0.2, 0.25) is 39.6 Å². The summed E-state index contributed by atoms with van der Waals surface area (Å²) in [4.78, 5) is 78.3. The number of hydrogen-bond acceptors (Lipinski definition) is 14. The molecular weight excluding hydrogens is 1080 g/mol. The van der Waals surface area contributed by atoms with Crippen molar-refractivity contribution in [3.8, 4) is 32.3 Å². The monoisotopic (exact) mass is 1150 g/mol. The van der Waals surface area contributed by atoms with Gasteiger partial charge in [-0.15, -0.1) is 22.7 Å². The van der Waals surface area contributed by atoms with E-state index in [4.69, 9.17) is 9.97 Å². The Morgan fingerprint density at radius 3 is 2.25 bits per heavy atom. The highest BCUT2D eigenvalue weighted by molar-refractivity contribution is 7.92. The van der Waals surface area contributed by atoms with E-state index in [9.17, 15) is 32.7 Å². The molecule has 21 heteroatoms. The Labute approximate surface area is 476 Å². The van der Waals surface area contributed by atoms with Crippen LogP contribution in [0.2, 0.25) is 0 Å². The van der Waals surface area contributed by atoms with Crippen LogP contribution in [0.3, 0.4) is 0 Å². The molecule has 4 atom stereocenters. The van der Waals surface area contributed by atoms with Crippen LogP contribution in [0.5, 0.6) is 0 Å². The number of piperidine rings is 1. The van der Waals surface area contributed by atoms with Gasteiger partial charge in [-0.25, -0.2) is 32.7 Å². The molecule has 17 nitrogen and oxygen atoms in total. The van der Waals surface area contributed by atoms with E-state index in [2.05, 4.69) is 42.8 Å². The van der Waals surface area contributed by atoms with Crippen LogP contribution in [0.4, 0.5) is 21.7 Å². The van der Waals surface area contributed by atoms with Gasteiger partial charge in [0.25, 0.3) is 0 Å². The van der Waals surface area contributed by atoms with Crippen LogP contribution in [-0.2, 0) is 34.6 Å². The number of nitrogens with one attached hydrogen (secondary N) is 4. The highest BCUT2D eigenvalue weighted by Crippen LogP contribution is 2.42. The van der Waals surface area contributed by atoms with E-state index in [0.29, 0.717) is 48.1 Å². The van der Waals surface area contributed by atoms with Gasteiger partial charge in [0.15, 0.2) is 5.82 Å². The van der Waals surface area contributed by atoms with Crippen LogP contribution in [-0.4, -0.2) is 110 Å². The molecule has 0 spiro atoms. The number of sulfonamides is 1. The van der Waals surface area contributed by atoms with E-state index in [1.165, 1.54) is 22.3 Å². The fraction of sp³-hybridized carbons (Fsp3) is 0.458. The van der Waals surface area contributed by atoms with Crippen molar-refractivity contribution in [1.29, 1.82) is 0 Å². The third kappa shape index (κ3) is 14.4. The number of aromatic nitrogens is 4. The number of carbonyl (C=O) groups is 4. The Kier molecular flexibility index (Phi) is 18.6. The van der Waals surface area contributed by atoms with Gasteiger partial charge in [-0.3, -0.25) is 23.9 Å². The molecule has 0 aliphatic carbocycles. The predicted molar refractivity (Wildman–Crippen MR) is 313 cm³/mol. The fourth-order valence-corrected chi connectivity index (χ4v) is 13.1. The Hall–Kier alpha value is -6.68. The first-order valence-corrected chi connectivity index (χ1v) is 30.6. The Balaban J connectivity index is 0.815. The quantitative estimate of drug-likeness (QED) is 0.0510. The Bertz CT molecular complexity index is 3290. The minimum Gasteiger partial charge on any atom is -0.391 e. The number of halogens is 1. The number of benzene rings is 3. The molecule has 5 heterocycles. The van der Waals surface area contributed by atoms with Gasteiger partial charge in [0, 0.05) is 61.8 Å². The molecule has 8 rings (SSSR count). The standard InChI is InChI=1S/C59H73FN10O7S3/c1-10-31-80(76,77)68-44-14-11-13-43(49(44)60)50-52(79-56(67-50)59(7,8)9)45-25-28-61-57(65-45)64-41-23-21-38(22-24-41)39-26-29-69(30-27-39)48(73)16-12-15-47(72)66-53(58(4,5)6)55(75)70-33-42(71)32-46(70)54(74)63-35(2)37-17-19-40(20-18-37)51-36(3)62-34-78-51/h11,13-14,17-25,28,34-35,39,42,46,53,68,71H,10,12,15-16,26-27,29-33H2,1-9H3,(H,63,74)(H,66,72)(H,61,64,65)/t35-,42+,46-,53+/m0/s1. The average molecular weight is 1150 g/mol. The van der Waals surface area contributed by atoms with Crippen LogP contribution < -0.4 is 20.7 Å². The normalized spacial score (nSPS) is 17.0. The number of anilines is 3. The lowest BCUT2D eigenvalue weighted by molar-refractivity contribution is -0.144. The van der Waals surface area contributed by atoms with E-state index >= 15 is 4.39 Å². The summed E-state index contributed by atoms with van der Waals surface area (Å²) < 4.78 is 43.7. The maximum Gasteiger partial charge on any atom is 0.246 e. The molecule has 0 saturated carbocycles. The summed E-state index contributed by atoms with van der Waals surface area (Å²) in [7, 11) is -3.74. The van der Waals surface area contributed by atoms with Crippen LogP contribution in [0.1, 0.15) is 134 Å². The molecule has 3 aromatic carbocycles. The lowest BCUT2D eigenvalue weighted by atomic mass is 9.85. The van der Waals surface area contributed by atoms with Crippen molar-refractivity contribution < 1.29 is 37.1 Å². The largest absolute Gasteiger partial charge is 0.391 e. The second kappa shape index (κ2) is 25.0. The van der Waals surface area contributed by atoms with Crippen molar-refractivity contribution in [2.24, 2.45) is 5.41 Å². The van der Waals surface area contributed by atoms with Gasteiger partial charge in [0.05, 0.1) is 60.9 Å². The molecule has 2 saturated heterocycles. The molecule has 2 fully saturated rings. The minimum atomic E-state index is -3.74.